The minimum Gasteiger partial charge on any atom is -0.437 e. The van der Waals surface area contributed by atoms with Crippen molar-refractivity contribution in [1.29, 1.82) is 0 Å². The number of hydrogen-bond acceptors (Lipinski definition) is 5. The van der Waals surface area contributed by atoms with Crippen molar-refractivity contribution in [2.75, 3.05) is 17.7 Å². The minimum atomic E-state index is -0.639. The number of carbonyl (C=O) groups excluding carboxylic acids is 3. The van der Waals surface area contributed by atoms with Crippen LogP contribution in [0.5, 0.6) is 0 Å². The Hall–Kier alpha value is -4.01. The molecule has 3 amide bonds. The van der Waals surface area contributed by atoms with Gasteiger partial charge in [0.15, 0.2) is 12.1 Å². The van der Waals surface area contributed by atoms with Gasteiger partial charge in [-0.1, -0.05) is 0 Å². The van der Waals surface area contributed by atoms with Crippen molar-refractivity contribution in [3.05, 3.63) is 77.3 Å². The van der Waals surface area contributed by atoms with E-state index in [-0.39, 0.29) is 17.4 Å². The zero-order chi connectivity index (χ0) is 21.0. The number of aromatic nitrogens is 1. The highest BCUT2D eigenvalue weighted by atomic mass is 19.1. The Morgan fingerprint density at radius 2 is 1.55 bits per heavy atom. The summed E-state index contributed by atoms with van der Waals surface area (Å²) >= 11 is 0. The van der Waals surface area contributed by atoms with Crippen molar-refractivity contribution in [1.82, 2.24) is 10.3 Å². The third-order valence-electron chi connectivity index (χ3n) is 4.05. The van der Waals surface area contributed by atoms with Gasteiger partial charge in [0.05, 0.1) is 0 Å². The number of benzene rings is 2. The topological polar surface area (TPSA) is 113 Å². The van der Waals surface area contributed by atoms with Crippen molar-refractivity contribution < 1.29 is 23.2 Å². The molecular weight excluding hydrogens is 379 g/mol. The van der Waals surface area contributed by atoms with Gasteiger partial charge in [0.1, 0.15) is 5.82 Å². The van der Waals surface area contributed by atoms with Gasteiger partial charge in [-0.05, 0) is 55.0 Å². The molecule has 8 nitrogen and oxygen atoms in total. The highest BCUT2D eigenvalue weighted by molar-refractivity contribution is 6.09. The molecule has 0 aliphatic heterocycles. The van der Waals surface area contributed by atoms with Gasteiger partial charge < -0.3 is 20.4 Å². The highest BCUT2D eigenvalue weighted by Gasteiger charge is 2.22. The molecule has 2 aromatic carbocycles. The van der Waals surface area contributed by atoms with Crippen LogP contribution in [0.2, 0.25) is 0 Å². The highest BCUT2D eigenvalue weighted by Crippen LogP contribution is 2.18. The van der Waals surface area contributed by atoms with Crippen LogP contribution in [0.1, 0.15) is 37.0 Å². The van der Waals surface area contributed by atoms with E-state index < -0.39 is 17.6 Å². The maximum atomic E-state index is 13.2. The molecule has 0 saturated heterocycles. The Balaban J connectivity index is 1.67. The summed E-state index contributed by atoms with van der Waals surface area (Å²) in [6.45, 7) is 1.65. The molecular formula is C20H17FN4O4. The number of hydrogen-bond donors (Lipinski definition) is 3. The molecule has 0 aliphatic carbocycles. The lowest BCUT2D eigenvalue weighted by Gasteiger charge is -2.09. The van der Waals surface area contributed by atoms with Crippen LogP contribution in [0.15, 0.2) is 53.3 Å². The molecule has 3 N–H and O–H groups in total. The summed E-state index contributed by atoms with van der Waals surface area (Å²) in [4.78, 5) is 40.0. The lowest BCUT2D eigenvalue weighted by molar-refractivity contribution is 0.0935. The van der Waals surface area contributed by atoms with Gasteiger partial charge in [-0.15, -0.1) is 0 Å². The Kier molecular flexibility index (Phi) is 5.68. The number of halogens is 1. The monoisotopic (exact) mass is 396 g/mol. The van der Waals surface area contributed by atoms with Crippen LogP contribution < -0.4 is 16.0 Å². The quantitative estimate of drug-likeness (QED) is 0.614. The van der Waals surface area contributed by atoms with Crippen LogP contribution in [-0.2, 0) is 0 Å². The van der Waals surface area contributed by atoms with Crippen LogP contribution >= 0.6 is 0 Å². The summed E-state index contributed by atoms with van der Waals surface area (Å²) in [5.41, 5.74) is 1.66. The van der Waals surface area contributed by atoms with Crippen LogP contribution in [0.25, 0.3) is 0 Å². The molecule has 0 radical (unpaired) electrons. The molecule has 0 saturated carbocycles. The largest absolute Gasteiger partial charge is 0.437 e. The molecule has 1 heterocycles. The van der Waals surface area contributed by atoms with E-state index in [0.29, 0.717) is 22.5 Å². The van der Waals surface area contributed by atoms with Gasteiger partial charge in [-0.3, -0.25) is 14.4 Å². The summed E-state index contributed by atoms with van der Waals surface area (Å²) in [6, 6.07) is 10.2. The molecule has 29 heavy (non-hydrogen) atoms. The zero-order valence-corrected chi connectivity index (χ0v) is 15.6. The fourth-order valence-corrected chi connectivity index (χ4v) is 2.59. The summed E-state index contributed by atoms with van der Waals surface area (Å²) < 4.78 is 18.2. The van der Waals surface area contributed by atoms with Crippen molar-refractivity contribution in [2.24, 2.45) is 0 Å². The summed E-state index contributed by atoms with van der Waals surface area (Å²) in [7, 11) is 1.42. The van der Waals surface area contributed by atoms with Gasteiger partial charge in [-0.25, -0.2) is 9.37 Å². The van der Waals surface area contributed by atoms with Crippen molar-refractivity contribution in [2.45, 2.75) is 6.92 Å². The molecule has 0 aliphatic rings. The Morgan fingerprint density at radius 3 is 2.14 bits per heavy atom. The van der Waals surface area contributed by atoms with Crippen LogP contribution in [0.3, 0.4) is 0 Å². The van der Waals surface area contributed by atoms with Crippen molar-refractivity contribution in [3.8, 4) is 0 Å². The lowest BCUT2D eigenvalue weighted by atomic mass is 10.1. The molecule has 148 valence electrons. The Bertz CT molecular complexity index is 1080. The first-order chi connectivity index (χ1) is 13.9. The summed E-state index contributed by atoms with van der Waals surface area (Å²) in [5.74, 6) is -2.19. The van der Waals surface area contributed by atoms with E-state index >= 15 is 0 Å². The Morgan fingerprint density at radius 1 is 0.931 bits per heavy atom. The molecule has 9 heteroatoms. The maximum Gasteiger partial charge on any atom is 0.293 e. The number of carbonyl (C=O) groups is 3. The SMILES string of the molecule is CNC(=O)c1ncoc1C(=O)Nc1ccc(NC(=O)c2ccc(F)cc2C)cc1. The first kappa shape index (κ1) is 19.7. The van der Waals surface area contributed by atoms with E-state index in [1.807, 2.05) is 0 Å². The van der Waals surface area contributed by atoms with Crippen LogP contribution in [0, 0.1) is 12.7 Å². The minimum absolute atomic E-state index is 0.122. The van der Waals surface area contributed by atoms with E-state index in [1.165, 1.54) is 25.2 Å². The first-order valence-electron chi connectivity index (χ1n) is 8.53. The van der Waals surface area contributed by atoms with E-state index in [0.717, 1.165) is 6.39 Å². The number of nitrogens with one attached hydrogen (secondary N) is 3. The number of rotatable bonds is 5. The number of oxazole rings is 1. The van der Waals surface area contributed by atoms with Gasteiger partial charge >= 0.3 is 0 Å². The van der Waals surface area contributed by atoms with Crippen molar-refractivity contribution >= 4 is 29.1 Å². The molecule has 3 rings (SSSR count). The second-order valence-electron chi connectivity index (χ2n) is 6.05. The predicted octanol–water partition coefficient (Wildman–Crippen LogP) is 2.99. The molecule has 0 bridgehead atoms. The van der Waals surface area contributed by atoms with Crippen LogP contribution in [-0.4, -0.2) is 29.8 Å². The van der Waals surface area contributed by atoms with E-state index in [4.69, 9.17) is 4.42 Å². The van der Waals surface area contributed by atoms with Crippen LogP contribution in [0.4, 0.5) is 15.8 Å². The first-order valence-corrected chi connectivity index (χ1v) is 8.53. The number of anilines is 2. The maximum absolute atomic E-state index is 13.2. The normalized spacial score (nSPS) is 10.3. The molecule has 3 aromatic rings. The lowest BCUT2D eigenvalue weighted by Crippen LogP contribution is -2.23. The van der Waals surface area contributed by atoms with E-state index in [2.05, 4.69) is 20.9 Å². The summed E-state index contributed by atoms with van der Waals surface area (Å²) in [5, 5.41) is 7.66. The molecule has 0 fully saturated rings. The predicted molar refractivity (Wildman–Crippen MR) is 103 cm³/mol. The smallest absolute Gasteiger partial charge is 0.293 e. The standard InChI is InChI=1S/C20H17FN4O4/c1-11-9-12(21)3-8-15(11)18(26)24-13-4-6-14(7-5-13)25-20(28)17-16(19(27)22-2)23-10-29-17/h3-10H,1-2H3,(H,22,27)(H,24,26)(H,25,28). The molecule has 0 unspecified atom stereocenters. The van der Waals surface area contributed by atoms with Gasteiger partial charge in [0.2, 0.25) is 5.76 Å². The second kappa shape index (κ2) is 8.34. The molecule has 1 aromatic heterocycles. The number of aryl methyl sites for hydroxylation is 1. The number of nitrogens with zero attached hydrogens (tertiary/aromatic N) is 1. The van der Waals surface area contributed by atoms with E-state index in [9.17, 15) is 18.8 Å². The second-order valence-corrected chi connectivity index (χ2v) is 6.05. The van der Waals surface area contributed by atoms with Crippen molar-refractivity contribution in [3.63, 3.8) is 0 Å². The third-order valence-corrected chi connectivity index (χ3v) is 4.05. The molecule has 0 spiro atoms. The summed E-state index contributed by atoms with van der Waals surface area (Å²) in [6.07, 6.45) is 1.01. The molecule has 0 atom stereocenters. The average Bonchev–Trinajstić information content (AvgIpc) is 3.19. The Labute approximate surface area is 165 Å². The fourth-order valence-electron chi connectivity index (χ4n) is 2.59. The fraction of sp³-hybridized carbons (Fsp3) is 0.100. The van der Waals surface area contributed by atoms with Gasteiger partial charge in [0, 0.05) is 24.0 Å². The van der Waals surface area contributed by atoms with Gasteiger partial charge in [-0.2, -0.15) is 0 Å². The third kappa shape index (κ3) is 4.46. The van der Waals surface area contributed by atoms with E-state index in [1.54, 1.807) is 31.2 Å². The zero-order valence-electron chi connectivity index (χ0n) is 15.6. The average molecular weight is 396 g/mol. The van der Waals surface area contributed by atoms with Gasteiger partial charge in [0.25, 0.3) is 17.7 Å². The number of amides is 3.